The molecule has 0 bridgehead atoms. The van der Waals surface area contributed by atoms with E-state index in [2.05, 4.69) is 203 Å². The van der Waals surface area contributed by atoms with Crippen molar-refractivity contribution in [2.24, 2.45) is 0 Å². The summed E-state index contributed by atoms with van der Waals surface area (Å²) >= 11 is 1.81. The van der Waals surface area contributed by atoms with E-state index >= 15 is 0 Å². The molecular weight excluding hydrogens is 787 g/mol. The van der Waals surface area contributed by atoms with Crippen molar-refractivity contribution in [3.63, 3.8) is 0 Å². The molecule has 0 spiro atoms. The highest BCUT2D eigenvalue weighted by Crippen LogP contribution is 2.41. The molecule has 63 heavy (non-hydrogen) atoms. The van der Waals surface area contributed by atoms with Crippen LogP contribution in [0.3, 0.4) is 0 Å². The van der Waals surface area contributed by atoms with Crippen LogP contribution in [0.5, 0.6) is 0 Å². The summed E-state index contributed by atoms with van der Waals surface area (Å²) in [5, 5.41) is 5.96. The minimum atomic E-state index is 0.639. The monoisotopic (exact) mass is 821 g/mol. The number of para-hydroxylation sites is 2. The quantitative estimate of drug-likeness (QED) is 0.168. The highest BCUT2D eigenvalue weighted by atomic mass is 32.1. The van der Waals surface area contributed by atoms with Crippen LogP contribution in [0, 0.1) is 0 Å². The highest BCUT2D eigenvalue weighted by molar-refractivity contribution is 7.26. The van der Waals surface area contributed by atoms with Crippen LogP contribution in [0.15, 0.2) is 212 Å². The van der Waals surface area contributed by atoms with Crippen LogP contribution in [0.1, 0.15) is 0 Å². The van der Waals surface area contributed by atoms with Crippen molar-refractivity contribution in [1.82, 2.24) is 24.1 Å². The molecule has 5 nitrogen and oxygen atoms in total. The van der Waals surface area contributed by atoms with Crippen LogP contribution in [-0.4, -0.2) is 24.1 Å². The van der Waals surface area contributed by atoms with Crippen LogP contribution in [0.4, 0.5) is 0 Å². The fourth-order valence-corrected chi connectivity index (χ4v) is 10.7. The van der Waals surface area contributed by atoms with Gasteiger partial charge >= 0.3 is 0 Å². The van der Waals surface area contributed by atoms with Gasteiger partial charge in [0.15, 0.2) is 0 Å². The molecule has 8 aromatic carbocycles. The number of benzene rings is 8. The molecule has 0 atom stereocenters. The second-order valence-electron chi connectivity index (χ2n) is 16.0. The van der Waals surface area contributed by atoms with E-state index < -0.39 is 0 Å². The first-order valence-electron chi connectivity index (χ1n) is 21.2. The van der Waals surface area contributed by atoms with Crippen molar-refractivity contribution >= 4 is 75.3 Å². The maximum Gasteiger partial charge on any atom is 0.235 e. The number of fused-ring (bicyclic) bond motifs is 9. The van der Waals surface area contributed by atoms with Crippen molar-refractivity contribution in [2.45, 2.75) is 0 Å². The van der Waals surface area contributed by atoms with Gasteiger partial charge in [0.1, 0.15) is 0 Å². The van der Waals surface area contributed by atoms with Gasteiger partial charge in [-0.2, -0.15) is 0 Å². The fourth-order valence-electron chi connectivity index (χ4n) is 9.47. The maximum atomic E-state index is 5.27. The van der Waals surface area contributed by atoms with Crippen LogP contribution in [-0.2, 0) is 0 Å². The summed E-state index contributed by atoms with van der Waals surface area (Å²) in [4.78, 5) is 15.3. The van der Waals surface area contributed by atoms with Gasteiger partial charge in [-0.1, -0.05) is 146 Å². The van der Waals surface area contributed by atoms with E-state index in [1.165, 1.54) is 47.7 Å². The summed E-state index contributed by atoms with van der Waals surface area (Å²) in [6.45, 7) is 0. The second kappa shape index (κ2) is 14.2. The highest BCUT2D eigenvalue weighted by Gasteiger charge is 2.19. The average molecular weight is 822 g/mol. The second-order valence-corrected chi connectivity index (χ2v) is 17.1. The predicted molar refractivity (Wildman–Crippen MR) is 263 cm³/mol. The van der Waals surface area contributed by atoms with Gasteiger partial charge in [0.25, 0.3) is 0 Å². The molecule has 0 amide bonds. The van der Waals surface area contributed by atoms with E-state index in [0.717, 1.165) is 66.7 Å². The van der Waals surface area contributed by atoms with Crippen LogP contribution in [0.2, 0.25) is 0 Å². The van der Waals surface area contributed by atoms with Gasteiger partial charge < -0.3 is 4.57 Å². The van der Waals surface area contributed by atoms with Crippen molar-refractivity contribution in [1.29, 1.82) is 0 Å². The number of nitrogens with zero attached hydrogens (tertiary/aromatic N) is 5. The lowest BCUT2D eigenvalue weighted by Gasteiger charge is -2.12. The SMILES string of the molecule is c1ccc(-c2cc(-c3ccccc3)nc(-n3c4ccccc4c4ccc(-c5ccc6c(c5)c5ccccc5n6-c5ccc(-c6ccnc7c6sc6ccccc67)cc5)cc43)n2)cc1. The summed E-state index contributed by atoms with van der Waals surface area (Å²) in [6.07, 6.45) is 1.94. The van der Waals surface area contributed by atoms with Crippen molar-refractivity contribution in [3.8, 4) is 56.4 Å². The molecule has 5 aromatic heterocycles. The van der Waals surface area contributed by atoms with Gasteiger partial charge in [-0.05, 0) is 77.4 Å². The van der Waals surface area contributed by atoms with Gasteiger partial charge in [0.05, 0.1) is 43.7 Å². The molecule has 0 N–H and O–H groups in total. The van der Waals surface area contributed by atoms with Crippen LogP contribution < -0.4 is 0 Å². The van der Waals surface area contributed by atoms with Crippen molar-refractivity contribution < 1.29 is 0 Å². The standard InChI is InChI=1S/C57H35N5S/c1-3-13-37(14-4-1)48-35-49(38-15-5-2-6-16-38)60-57(59-48)62-51-21-11-7-17-43(51)45-29-25-40(34-53(45)62)39-26-30-52-47(33-39)44-18-8-10-20-50(44)61(52)41-27-23-36(24-28-41)42-31-32-58-55-46-19-9-12-22-54(46)63-56(42)55/h1-35H. The summed E-state index contributed by atoms with van der Waals surface area (Å²) in [6, 6.07) is 73.5. The molecule has 0 saturated heterocycles. The number of hydrogen-bond donors (Lipinski definition) is 0. The molecule has 0 aliphatic heterocycles. The Morgan fingerprint density at radius 2 is 0.921 bits per heavy atom. The van der Waals surface area contributed by atoms with E-state index in [1.54, 1.807) is 0 Å². The Morgan fingerprint density at radius 1 is 0.365 bits per heavy atom. The molecule has 0 radical (unpaired) electrons. The number of pyridine rings is 1. The zero-order valence-electron chi connectivity index (χ0n) is 33.9. The lowest BCUT2D eigenvalue weighted by molar-refractivity contribution is 0.996. The van der Waals surface area contributed by atoms with E-state index in [1.807, 2.05) is 29.7 Å². The number of hydrogen-bond acceptors (Lipinski definition) is 4. The third kappa shape index (κ3) is 5.73. The van der Waals surface area contributed by atoms with Gasteiger partial charge in [-0.15, -0.1) is 11.3 Å². The Kier molecular flexibility index (Phi) is 8.01. The van der Waals surface area contributed by atoms with Crippen molar-refractivity contribution in [3.05, 3.63) is 212 Å². The third-order valence-electron chi connectivity index (χ3n) is 12.4. The molecule has 13 rings (SSSR count). The summed E-state index contributed by atoms with van der Waals surface area (Å²) < 4.78 is 7.11. The molecule has 294 valence electrons. The molecule has 13 aromatic rings. The Balaban J connectivity index is 0.946. The Bertz CT molecular complexity index is 3840. The van der Waals surface area contributed by atoms with Crippen LogP contribution >= 0.6 is 11.3 Å². The maximum absolute atomic E-state index is 5.27. The molecule has 0 saturated carbocycles. The van der Waals surface area contributed by atoms with E-state index in [-0.39, 0.29) is 0 Å². The molecule has 0 unspecified atom stereocenters. The van der Waals surface area contributed by atoms with Gasteiger partial charge in [-0.25, -0.2) is 9.97 Å². The topological polar surface area (TPSA) is 48.5 Å². The predicted octanol–water partition coefficient (Wildman–Crippen LogP) is 15.1. The first-order chi connectivity index (χ1) is 31.2. The molecular formula is C57H35N5S. The van der Waals surface area contributed by atoms with Gasteiger partial charge in [0.2, 0.25) is 5.95 Å². The lowest BCUT2D eigenvalue weighted by atomic mass is 10.0. The van der Waals surface area contributed by atoms with E-state index in [4.69, 9.17) is 15.0 Å². The Morgan fingerprint density at radius 3 is 1.65 bits per heavy atom. The fraction of sp³-hybridized carbons (Fsp3) is 0. The van der Waals surface area contributed by atoms with Gasteiger partial charge in [0, 0.05) is 60.2 Å². The third-order valence-corrected chi connectivity index (χ3v) is 13.6. The summed E-state index contributed by atoms with van der Waals surface area (Å²) in [5.74, 6) is 0.639. The smallest absolute Gasteiger partial charge is 0.235 e. The van der Waals surface area contributed by atoms with E-state index in [0.29, 0.717) is 5.95 Å². The average Bonchev–Trinajstić information content (AvgIpc) is 4.02. The Hall–Kier alpha value is -8.19. The minimum absolute atomic E-state index is 0.639. The zero-order chi connectivity index (χ0) is 41.4. The number of aromatic nitrogens is 5. The van der Waals surface area contributed by atoms with Gasteiger partial charge in [-0.3, -0.25) is 9.55 Å². The lowest BCUT2D eigenvalue weighted by Crippen LogP contribution is -2.04. The molecule has 0 aliphatic rings. The largest absolute Gasteiger partial charge is 0.309 e. The minimum Gasteiger partial charge on any atom is -0.309 e. The molecule has 5 heterocycles. The van der Waals surface area contributed by atoms with Crippen LogP contribution in [0.25, 0.3) is 120 Å². The Labute approximate surface area is 366 Å². The normalized spacial score (nSPS) is 11.8. The van der Waals surface area contributed by atoms with Crippen molar-refractivity contribution in [2.75, 3.05) is 0 Å². The number of rotatable bonds is 6. The summed E-state index contributed by atoms with van der Waals surface area (Å²) in [7, 11) is 0. The first-order valence-corrected chi connectivity index (χ1v) is 22.0. The zero-order valence-corrected chi connectivity index (χ0v) is 34.7. The molecule has 0 aliphatic carbocycles. The van der Waals surface area contributed by atoms with E-state index in [9.17, 15) is 0 Å². The first kappa shape index (κ1) is 35.6. The molecule has 6 heteroatoms. The molecule has 0 fully saturated rings. The number of thiophene rings is 1. The summed E-state index contributed by atoms with van der Waals surface area (Å²) in [5.41, 5.74) is 15.2.